The maximum absolute atomic E-state index is 12.9. The van der Waals surface area contributed by atoms with E-state index >= 15 is 0 Å². The van der Waals surface area contributed by atoms with E-state index in [2.05, 4.69) is 20.2 Å². The Hall–Kier alpha value is -2.96. The van der Waals surface area contributed by atoms with Crippen molar-refractivity contribution in [1.82, 2.24) is 14.9 Å². The fourth-order valence-corrected chi connectivity index (χ4v) is 3.24. The first-order valence-electron chi connectivity index (χ1n) is 9.16. The average Bonchev–Trinajstić information content (AvgIpc) is 2.70. The number of rotatable bonds is 5. The van der Waals surface area contributed by atoms with E-state index in [0.717, 1.165) is 36.5 Å². The molecule has 142 valence electrons. The Morgan fingerprint density at radius 2 is 2.11 bits per heavy atom. The van der Waals surface area contributed by atoms with E-state index in [1.165, 1.54) is 6.92 Å². The second-order valence-electron chi connectivity index (χ2n) is 6.87. The van der Waals surface area contributed by atoms with Gasteiger partial charge in [-0.3, -0.25) is 14.6 Å². The number of carbonyl (C=O) groups is 2. The number of benzene rings is 1. The summed E-state index contributed by atoms with van der Waals surface area (Å²) in [6.45, 7) is 3.50. The smallest absolute Gasteiger partial charge is 0.229 e. The summed E-state index contributed by atoms with van der Waals surface area (Å²) in [6, 6.07) is 7.61. The molecule has 1 saturated heterocycles. The molecule has 2 amide bonds. The molecule has 1 fully saturated rings. The van der Waals surface area contributed by atoms with E-state index < -0.39 is 0 Å². The Morgan fingerprint density at radius 3 is 2.85 bits per heavy atom. The number of hydrogen-bond acceptors (Lipinski definition) is 5. The Kier molecular flexibility index (Phi) is 6.01. The maximum atomic E-state index is 12.9. The van der Waals surface area contributed by atoms with Crippen LogP contribution < -0.4 is 10.2 Å². The lowest BCUT2D eigenvalue weighted by molar-refractivity contribution is -0.128. The van der Waals surface area contributed by atoms with Crippen LogP contribution in [0.2, 0.25) is 0 Å². The van der Waals surface area contributed by atoms with Gasteiger partial charge in [0.15, 0.2) is 0 Å². The number of carbonyl (C=O) groups excluding carboxylic acids is 2. The number of para-hydroxylation sites is 1. The first kappa shape index (κ1) is 18.8. The standard InChI is InChI=1S/C20H25N5O2/c1-15(26)24(2)13-16-6-3-4-8-18(16)23-20(27)17-7-5-11-25(14-17)19-12-21-9-10-22-19/h3-4,6,8-10,12,17H,5,7,11,13-14H2,1-2H3,(H,23,27). The van der Waals surface area contributed by atoms with Gasteiger partial charge in [-0.25, -0.2) is 4.98 Å². The Bertz CT molecular complexity index is 796. The van der Waals surface area contributed by atoms with Gasteiger partial charge in [0.25, 0.3) is 0 Å². The second-order valence-corrected chi connectivity index (χ2v) is 6.87. The molecule has 0 bridgehead atoms. The van der Waals surface area contributed by atoms with Gasteiger partial charge in [-0.15, -0.1) is 0 Å². The molecule has 0 spiro atoms. The zero-order valence-electron chi connectivity index (χ0n) is 15.8. The van der Waals surface area contributed by atoms with Crippen LogP contribution in [0.25, 0.3) is 0 Å². The number of nitrogens with one attached hydrogen (secondary N) is 1. The summed E-state index contributed by atoms with van der Waals surface area (Å²) < 4.78 is 0. The lowest BCUT2D eigenvalue weighted by Crippen LogP contribution is -2.41. The zero-order chi connectivity index (χ0) is 19.2. The van der Waals surface area contributed by atoms with Crippen LogP contribution in [0.1, 0.15) is 25.3 Å². The number of anilines is 2. The normalized spacial score (nSPS) is 16.7. The largest absolute Gasteiger partial charge is 0.355 e. The molecule has 1 aromatic carbocycles. The lowest BCUT2D eigenvalue weighted by atomic mass is 9.97. The van der Waals surface area contributed by atoms with Crippen molar-refractivity contribution in [3.05, 3.63) is 48.4 Å². The van der Waals surface area contributed by atoms with E-state index in [1.54, 1.807) is 30.5 Å². The molecule has 1 unspecified atom stereocenters. The van der Waals surface area contributed by atoms with Gasteiger partial charge in [0, 0.05) is 51.7 Å². The van der Waals surface area contributed by atoms with Crippen LogP contribution in [0, 0.1) is 5.92 Å². The molecule has 2 aromatic rings. The molecule has 7 heteroatoms. The minimum Gasteiger partial charge on any atom is -0.355 e. The summed E-state index contributed by atoms with van der Waals surface area (Å²) >= 11 is 0. The number of nitrogens with zero attached hydrogens (tertiary/aromatic N) is 4. The number of piperidine rings is 1. The molecule has 1 atom stereocenters. The molecule has 1 aliphatic heterocycles. The number of amides is 2. The van der Waals surface area contributed by atoms with Crippen LogP contribution in [0.5, 0.6) is 0 Å². The highest BCUT2D eigenvalue weighted by atomic mass is 16.2. The number of aromatic nitrogens is 2. The van der Waals surface area contributed by atoms with Gasteiger partial charge in [-0.05, 0) is 24.5 Å². The van der Waals surface area contributed by atoms with E-state index in [-0.39, 0.29) is 17.7 Å². The van der Waals surface area contributed by atoms with E-state index in [1.807, 2.05) is 24.3 Å². The van der Waals surface area contributed by atoms with Gasteiger partial charge in [0.2, 0.25) is 11.8 Å². The van der Waals surface area contributed by atoms with Gasteiger partial charge in [-0.2, -0.15) is 0 Å². The minimum absolute atomic E-state index is 0.00141. The van der Waals surface area contributed by atoms with Gasteiger partial charge < -0.3 is 15.1 Å². The number of hydrogen-bond donors (Lipinski definition) is 1. The third kappa shape index (κ3) is 4.81. The SMILES string of the molecule is CC(=O)N(C)Cc1ccccc1NC(=O)C1CCCN(c2cnccn2)C1. The molecule has 0 saturated carbocycles. The maximum Gasteiger partial charge on any atom is 0.229 e. The molecule has 1 aromatic heterocycles. The highest BCUT2D eigenvalue weighted by Gasteiger charge is 2.27. The van der Waals surface area contributed by atoms with Crippen molar-refractivity contribution in [1.29, 1.82) is 0 Å². The fraction of sp³-hybridized carbons (Fsp3) is 0.400. The summed E-state index contributed by atoms with van der Waals surface area (Å²) in [5.74, 6) is 0.683. The van der Waals surface area contributed by atoms with Crippen molar-refractivity contribution in [3.8, 4) is 0 Å². The second kappa shape index (κ2) is 8.62. The monoisotopic (exact) mass is 367 g/mol. The summed E-state index contributed by atoms with van der Waals surface area (Å²) in [6.07, 6.45) is 6.82. The van der Waals surface area contributed by atoms with Gasteiger partial charge >= 0.3 is 0 Å². The third-order valence-corrected chi connectivity index (χ3v) is 4.89. The minimum atomic E-state index is -0.112. The fourth-order valence-electron chi connectivity index (χ4n) is 3.24. The molecule has 3 rings (SSSR count). The highest BCUT2D eigenvalue weighted by molar-refractivity contribution is 5.93. The van der Waals surface area contributed by atoms with E-state index in [9.17, 15) is 9.59 Å². The predicted molar refractivity (Wildman–Crippen MR) is 104 cm³/mol. The van der Waals surface area contributed by atoms with Crippen LogP contribution >= 0.6 is 0 Å². The van der Waals surface area contributed by atoms with Crippen molar-refractivity contribution in [2.24, 2.45) is 5.92 Å². The molecule has 27 heavy (non-hydrogen) atoms. The van der Waals surface area contributed by atoms with Crippen LogP contribution in [0.4, 0.5) is 11.5 Å². The molecule has 2 heterocycles. The Balaban J connectivity index is 1.67. The Labute approximate surface area is 159 Å². The molecular weight excluding hydrogens is 342 g/mol. The summed E-state index contributed by atoms with van der Waals surface area (Å²) in [5, 5.41) is 3.06. The first-order valence-corrected chi connectivity index (χ1v) is 9.16. The molecule has 1 aliphatic rings. The quantitative estimate of drug-likeness (QED) is 0.877. The summed E-state index contributed by atoms with van der Waals surface area (Å²) in [5.41, 5.74) is 1.68. The molecule has 0 radical (unpaired) electrons. The molecule has 7 nitrogen and oxygen atoms in total. The van der Waals surface area contributed by atoms with Crippen LogP contribution in [0.3, 0.4) is 0 Å². The van der Waals surface area contributed by atoms with E-state index in [0.29, 0.717) is 13.1 Å². The molecule has 1 N–H and O–H groups in total. The van der Waals surface area contributed by atoms with Crippen molar-refractivity contribution < 1.29 is 9.59 Å². The molecular formula is C20H25N5O2. The first-order chi connectivity index (χ1) is 13.0. The van der Waals surface area contributed by atoms with Crippen LogP contribution in [-0.2, 0) is 16.1 Å². The van der Waals surface area contributed by atoms with Crippen molar-refractivity contribution >= 4 is 23.3 Å². The summed E-state index contributed by atoms with van der Waals surface area (Å²) in [4.78, 5) is 36.6. The average molecular weight is 367 g/mol. The van der Waals surface area contributed by atoms with E-state index in [4.69, 9.17) is 0 Å². The third-order valence-electron chi connectivity index (χ3n) is 4.89. The van der Waals surface area contributed by atoms with Crippen LogP contribution in [0.15, 0.2) is 42.9 Å². The highest BCUT2D eigenvalue weighted by Crippen LogP contribution is 2.24. The van der Waals surface area contributed by atoms with Gasteiger partial charge in [0.1, 0.15) is 5.82 Å². The van der Waals surface area contributed by atoms with Crippen molar-refractivity contribution in [2.75, 3.05) is 30.4 Å². The predicted octanol–water partition coefficient (Wildman–Crippen LogP) is 2.31. The molecule has 0 aliphatic carbocycles. The van der Waals surface area contributed by atoms with Gasteiger partial charge in [0.05, 0.1) is 12.1 Å². The Morgan fingerprint density at radius 1 is 1.30 bits per heavy atom. The van der Waals surface area contributed by atoms with Crippen LogP contribution in [-0.4, -0.2) is 46.8 Å². The van der Waals surface area contributed by atoms with Crippen molar-refractivity contribution in [2.45, 2.75) is 26.3 Å². The topological polar surface area (TPSA) is 78.4 Å². The zero-order valence-corrected chi connectivity index (χ0v) is 15.8. The van der Waals surface area contributed by atoms with Crippen molar-refractivity contribution in [3.63, 3.8) is 0 Å². The summed E-state index contributed by atoms with van der Waals surface area (Å²) in [7, 11) is 1.75. The van der Waals surface area contributed by atoms with Gasteiger partial charge in [-0.1, -0.05) is 18.2 Å². The lowest BCUT2D eigenvalue weighted by Gasteiger charge is -2.32.